The van der Waals surface area contributed by atoms with E-state index < -0.39 is 43.3 Å². The molecule has 19 heavy (non-hydrogen) atoms. The van der Waals surface area contributed by atoms with Gasteiger partial charge in [-0.1, -0.05) is 6.92 Å². The molecule has 6 atom stereocenters. The van der Waals surface area contributed by atoms with Crippen molar-refractivity contribution in [3.05, 3.63) is 0 Å². The summed E-state index contributed by atoms with van der Waals surface area (Å²) in [6, 6.07) is 0. The fourth-order valence-corrected chi connectivity index (χ4v) is 1.82. The van der Waals surface area contributed by atoms with E-state index in [1.165, 1.54) is 0 Å². The lowest BCUT2D eigenvalue weighted by Gasteiger charge is -2.39. The summed E-state index contributed by atoms with van der Waals surface area (Å²) in [5, 5.41) is 46.3. The molecule has 1 fully saturated rings. The fraction of sp³-hybridized carbons (Fsp3) is 0.909. The van der Waals surface area contributed by atoms with Crippen LogP contribution in [0.25, 0.3) is 0 Å². The molecule has 1 saturated heterocycles. The third kappa shape index (κ3) is 4.37. The predicted molar refractivity (Wildman–Crippen MR) is 61.1 cm³/mol. The Kier molecular flexibility index (Phi) is 6.11. The maximum Gasteiger partial charge on any atom is 0.303 e. The van der Waals surface area contributed by atoms with Crippen molar-refractivity contribution in [2.45, 2.75) is 44.1 Å². The molecule has 0 saturated carbocycles. The van der Waals surface area contributed by atoms with Crippen LogP contribution in [0.1, 0.15) is 13.3 Å². The zero-order chi connectivity index (χ0) is 14.6. The van der Waals surface area contributed by atoms with Gasteiger partial charge in [-0.25, -0.2) is 0 Å². The number of carbonyl (C=O) groups is 1. The number of aliphatic hydroxyl groups is 4. The zero-order valence-corrected chi connectivity index (χ0v) is 10.5. The van der Waals surface area contributed by atoms with Crippen LogP contribution in [0.2, 0.25) is 0 Å². The summed E-state index contributed by atoms with van der Waals surface area (Å²) in [7, 11) is 0. The van der Waals surface area contributed by atoms with E-state index >= 15 is 0 Å². The van der Waals surface area contributed by atoms with E-state index in [1.54, 1.807) is 6.92 Å². The molecule has 5 N–H and O–H groups in total. The highest BCUT2D eigenvalue weighted by Crippen LogP contribution is 2.22. The number of ether oxygens (including phenoxy) is 2. The summed E-state index contributed by atoms with van der Waals surface area (Å²) < 4.78 is 10.3. The van der Waals surface area contributed by atoms with Gasteiger partial charge in [0.1, 0.15) is 24.4 Å². The van der Waals surface area contributed by atoms with Crippen molar-refractivity contribution in [3.63, 3.8) is 0 Å². The maximum atomic E-state index is 10.5. The van der Waals surface area contributed by atoms with Gasteiger partial charge in [0.2, 0.25) is 0 Å². The SMILES string of the molecule is C[C@H](CO[C@@H]1O[C@H](CO)[C@@H](O)[C@@H](O)[C@H]1O)CC(=O)O. The molecular formula is C11H20O8. The number of rotatable bonds is 6. The number of aliphatic carboxylic acids is 1. The standard InChI is InChI=1S/C11H20O8/c1-5(2-7(13)14)4-18-11-10(17)9(16)8(15)6(3-12)19-11/h5-6,8-12,15-17H,2-4H2,1H3,(H,13,14)/t5-,6+,8+,9+,10+,11+/m0/s1. The van der Waals surface area contributed by atoms with Crippen LogP contribution >= 0.6 is 0 Å². The molecule has 0 amide bonds. The van der Waals surface area contributed by atoms with Gasteiger partial charge in [-0.05, 0) is 5.92 Å². The highest BCUT2D eigenvalue weighted by molar-refractivity contribution is 5.66. The van der Waals surface area contributed by atoms with Crippen molar-refractivity contribution in [1.82, 2.24) is 0 Å². The van der Waals surface area contributed by atoms with Gasteiger partial charge in [0.05, 0.1) is 19.6 Å². The summed E-state index contributed by atoms with van der Waals surface area (Å²) in [5.41, 5.74) is 0. The van der Waals surface area contributed by atoms with Gasteiger partial charge in [-0.3, -0.25) is 4.79 Å². The smallest absolute Gasteiger partial charge is 0.303 e. The van der Waals surface area contributed by atoms with E-state index in [2.05, 4.69) is 0 Å². The van der Waals surface area contributed by atoms with Crippen LogP contribution in [-0.4, -0.2) is 75.4 Å². The predicted octanol–water partition coefficient (Wildman–Crippen LogP) is -2.09. The minimum Gasteiger partial charge on any atom is -0.481 e. The molecule has 1 rings (SSSR count). The molecule has 8 nitrogen and oxygen atoms in total. The Hall–Kier alpha value is -0.770. The first kappa shape index (κ1) is 16.3. The first-order valence-electron chi connectivity index (χ1n) is 6.00. The van der Waals surface area contributed by atoms with Crippen molar-refractivity contribution >= 4 is 5.97 Å². The summed E-state index contributed by atoms with van der Waals surface area (Å²) in [4.78, 5) is 10.5. The molecular weight excluding hydrogens is 260 g/mol. The molecule has 0 unspecified atom stereocenters. The Morgan fingerprint density at radius 2 is 1.89 bits per heavy atom. The molecule has 112 valence electrons. The fourth-order valence-electron chi connectivity index (χ4n) is 1.82. The van der Waals surface area contributed by atoms with Crippen LogP contribution in [0.15, 0.2) is 0 Å². The quantitative estimate of drug-likeness (QED) is 0.373. The number of aliphatic hydroxyl groups excluding tert-OH is 4. The summed E-state index contributed by atoms with van der Waals surface area (Å²) in [5.74, 6) is -1.27. The summed E-state index contributed by atoms with van der Waals surface area (Å²) in [6.45, 7) is 1.13. The van der Waals surface area contributed by atoms with Gasteiger partial charge in [-0.2, -0.15) is 0 Å². The second-order valence-electron chi connectivity index (χ2n) is 4.73. The lowest BCUT2D eigenvalue weighted by molar-refractivity contribution is -0.303. The van der Waals surface area contributed by atoms with Crippen LogP contribution in [0.4, 0.5) is 0 Å². The van der Waals surface area contributed by atoms with Crippen LogP contribution in [-0.2, 0) is 14.3 Å². The molecule has 0 aromatic rings. The summed E-state index contributed by atoms with van der Waals surface area (Å²) in [6.07, 6.45) is -6.74. The Labute approximate surface area is 110 Å². The Bertz CT molecular complexity index is 294. The molecule has 0 aromatic carbocycles. The lowest BCUT2D eigenvalue weighted by atomic mass is 9.99. The van der Waals surface area contributed by atoms with Gasteiger partial charge in [0.25, 0.3) is 0 Å². The Morgan fingerprint density at radius 3 is 2.42 bits per heavy atom. The number of hydrogen-bond acceptors (Lipinski definition) is 7. The van der Waals surface area contributed by atoms with Gasteiger partial charge < -0.3 is 35.0 Å². The Morgan fingerprint density at radius 1 is 1.26 bits per heavy atom. The van der Waals surface area contributed by atoms with E-state index in [-0.39, 0.29) is 18.9 Å². The zero-order valence-electron chi connectivity index (χ0n) is 10.5. The topological polar surface area (TPSA) is 137 Å². The molecule has 0 bridgehead atoms. The highest BCUT2D eigenvalue weighted by Gasteiger charge is 2.44. The largest absolute Gasteiger partial charge is 0.481 e. The molecule has 0 spiro atoms. The van der Waals surface area contributed by atoms with E-state index in [1.807, 2.05) is 0 Å². The number of hydrogen-bond donors (Lipinski definition) is 5. The van der Waals surface area contributed by atoms with Crippen LogP contribution < -0.4 is 0 Å². The van der Waals surface area contributed by atoms with Crippen molar-refractivity contribution in [3.8, 4) is 0 Å². The molecule has 1 heterocycles. The van der Waals surface area contributed by atoms with Crippen molar-refractivity contribution in [1.29, 1.82) is 0 Å². The molecule has 0 aliphatic carbocycles. The molecule has 8 heteroatoms. The van der Waals surface area contributed by atoms with Crippen molar-refractivity contribution in [2.75, 3.05) is 13.2 Å². The van der Waals surface area contributed by atoms with Crippen LogP contribution in [0.5, 0.6) is 0 Å². The monoisotopic (exact) mass is 280 g/mol. The average Bonchev–Trinajstić information content (AvgIpc) is 2.34. The average molecular weight is 280 g/mol. The first-order chi connectivity index (χ1) is 8.86. The number of carboxylic acids is 1. The third-order valence-corrected chi connectivity index (χ3v) is 2.92. The second kappa shape index (κ2) is 7.13. The van der Waals surface area contributed by atoms with E-state index in [9.17, 15) is 20.1 Å². The van der Waals surface area contributed by atoms with Crippen LogP contribution in [0, 0.1) is 5.92 Å². The van der Waals surface area contributed by atoms with Gasteiger partial charge >= 0.3 is 5.97 Å². The molecule has 1 aliphatic heterocycles. The van der Waals surface area contributed by atoms with Crippen LogP contribution in [0.3, 0.4) is 0 Å². The minimum absolute atomic E-state index is 0.00892. The normalized spacial score (nSPS) is 37.0. The van der Waals surface area contributed by atoms with E-state index in [4.69, 9.17) is 19.7 Å². The van der Waals surface area contributed by atoms with Gasteiger partial charge in [0, 0.05) is 0 Å². The maximum absolute atomic E-state index is 10.5. The third-order valence-electron chi connectivity index (χ3n) is 2.92. The van der Waals surface area contributed by atoms with Crippen molar-refractivity contribution < 1.29 is 39.8 Å². The molecule has 1 aliphatic rings. The lowest BCUT2D eigenvalue weighted by Crippen LogP contribution is -2.59. The summed E-state index contributed by atoms with van der Waals surface area (Å²) >= 11 is 0. The second-order valence-corrected chi connectivity index (χ2v) is 4.73. The van der Waals surface area contributed by atoms with E-state index in [0.29, 0.717) is 0 Å². The number of carboxylic acid groups (broad SMARTS) is 1. The molecule has 0 aromatic heterocycles. The molecule has 0 radical (unpaired) electrons. The van der Waals surface area contributed by atoms with Gasteiger partial charge in [0.15, 0.2) is 6.29 Å². The Balaban J connectivity index is 2.50. The minimum atomic E-state index is -1.49. The van der Waals surface area contributed by atoms with Gasteiger partial charge in [-0.15, -0.1) is 0 Å². The first-order valence-corrected chi connectivity index (χ1v) is 6.00. The van der Waals surface area contributed by atoms with Crippen molar-refractivity contribution in [2.24, 2.45) is 5.92 Å². The highest BCUT2D eigenvalue weighted by atomic mass is 16.7. The van der Waals surface area contributed by atoms with E-state index in [0.717, 1.165) is 0 Å².